The van der Waals surface area contributed by atoms with E-state index in [1.165, 1.54) is 0 Å². The van der Waals surface area contributed by atoms with E-state index in [1.807, 2.05) is 19.5 Å². The van der Waals surface area contributed by atoms with Crippen LogP contribution in [-0.2, 0) is 13.2 Å². The van der Waals surface area contributed by atoms with Gasteiger partial charge in [0.2, 0.25) is 0 Å². The number of hydrogen-bond donors (Lipinski definition) is 1. The van der Waals surface area contributed by atoms with Crippen molar-refractivity contribution >= 4 is 36.2 Å². The number of thiazole rings is 1. The summed E-state index contributed by atoms with van der Waals surface area (Å²) < 4.78 is 0. The van der Waals surface area contributed by atoms with Gasteiger partial charge in [-0.2, -0.15) is 0 Å². The maximum atomic E-state index is 8.72. The van der Waals surface area contributed by atoms with Crippen LogP contribution in [-0.4, -0.2) is 29.1 Å². The minimum Gasteiger partial charge on any atom is -0.390 e. The molecule has 1 rings (SSSR count). The molecule has 0 bridgehead atoms. The van der Waals surface area contributed by atoms with Crippen LogP contribution in [0.5, 0.6) is 0 Å². The van der Waals surface area contributed by atoms with Crippen molar-refractivity contribution in [3.8, 4) is 0 Å². The summed E-state index contributed by atoms with van der Waals surface area (Å²) in [6.07, 6.45) is 0. The first-order valence-electron chi connectivity index (χ1n) is 3.41. The molecule has 0 aliphatic heterocycles. The van der Waals surface area contributed by atoms with Gasteiger partial charge in [-0.05, 0) is 14.1 Å². The second kappa shape index (κ2) is 7.53. The summed E-state index contributed by atoms with van der Waals surface area (Å²) in [4.78, 5) is 6.25. The van der Waals surface area contributed by atoms with Crippen LogP contribution in [0.15, 0.2) is 5.38 Å². The van der Waals surface area contributed by atoms with Gasteiger partial charge in [0.05, 0.1) is 12.3 Å². The van der Waals surface area contributed by atoms with E-state index in [-0.39, 0.29) is 31.4 Å². The largest absolute Gasteiger partial charge is 0.390 e. The molecule has 0 aliphatic rings. The lowest BCUT2D eigenvalue weighted by molar-refractivity contribution is 0.277. The zero-order valence-electron chi connectivity index (χ0n) is 7.56. The predicted molar refractivity (Wildman–Crippen MR) is 59.9 cm³/mol. The van der Waals surface area contributed by atoms with Gasteiger partial charge in [0.1, 0.15) is 5.01 Å². The van der Waals surface area contributed by atoms with E-state index >= 15 is 0 Å². The van der Waals surface area contributed by atoms with Crippen molar-refractivity contribution in [2.24, 2.45) is 0 Å². The van der Waals surface area contributed by atoms with Crippen molar-refractivity contribution < 1.29 is 5.11 Å². The first-order chi connectivity index (χ1) is 5.22. The Morgan fingerprint density at radius 1 is 1.46 bits per heavy atom. The normalized spacial score (nSPS) is 9.23. The molecule has 0 saturated heterocycles. The third kappa shape index (κ3) is 5.44. The SMILES string of the molecule is CN(C)Cc1nc(CO)cs1.Cl.Cl. The molecule has 6 heteroatoms. The van der Waals surface area contributed by atoms with Gasteiger partial charge in [-0.3, -0.25) is 0 Å². The second-order valence-electron chi connectivity index (χ2n) is 2.63. The standard InChI is InChI=1S/C7H12N2OS.2ClH/c1-9(2)3-7-8-6(4-10)5-11-7;;/h5,10H,3-4H2,1-2H3;2*1H. The number of hydrogen-bond acceptors (Lipinski definition) is 4. The molecule has 0 saturated carbocycles. The Kier molecular flexibility index (Phi) is 9.03. The minimum atomic E-state index is 0. The lowest BCUT2D eigenvalue weighted by Crippen LogP contribution is -2.10. The summed E-state index contributed by atoms with van der Waals surface area (Å²) in [5.74, 6) is 0. The van der Waals surface area contributed by atoms with Crippen molar-refractivity contribution in [3.05, 3.63) is 16.1 Å². The molecule has 1 aromatic heterocycles. The molecule has 0 amide bonds. The number of aliphatic hydroxyl groups excluding tert-OH is 1. The van der Waals surface area contributed by atoms with Crippen molar-refractivity contribution in [2.45, 2.75) is 13.2 Å². The van der Waals surface area contributed by atoms with E-state index in [2.05, 4.69) is 9.88 Å². The van der Waals surface area contributed by atoms with E-state index in [1.54, 1.807) is 11.3 Å². The molecule has 0 aromatic carbocycles. The molecule has 78 valence electrons. The molecule has 1 aromatic rings. The lowest BCUT2D eigenvalue weighted by atomic mass is 10.5. The van der Waals surface area contributed by atoms with Crippen LogP contribution in [0.1, 0.15) is 10.7 Å². The molecule has 0 fully saturated rings. The molecule has 3 nitrogen and oxygen atoms in total. The third-order valence-corrected chi connectivity index (χ3v) is 2.10. The average molecular weight is 245 g/mol. The maximum absolute atomic E-state index is 8.72. The average Bonchev–Trinajstić information content (AvgIpc) is 2.34. The molecule has 0 unspecified atom stereocenters. The Hall–Kier alpha value is 0.130. The highest BCUT2D eigenvalue weighted by Gasteiger charge is 2.00. The van der Waals surface area contributed by atoms with Crippen molar-refractivity contribution in [3.63, 3.8) is 0 Å². The Labute approximate surface area is 94.6 Å². The van der Waals surface area contributed by atoms with Crippen LogP contribution < -0.4 is 0 Å². The highest BCUT2D eigenvalue weighted by Crippen LogP contribution is 2.10. The Balaban J connectivity index is 0. The Bertz CT molecular complexity index is 230. The first kappa shape index (κ1) is 15.6. The van der Waals surface area contributed by atoms with Crippen LogP contribution in [0.25, 0.3) is 0 Å². The van der Waals surface area contributed by atoms with Gasteiger partial charge in [0.15, 0.2) is 0 Å². The third-order valence-electron chi connectivity index (χ3n) is 1.21. The fraction of sp³-hybridized carbons (Fsp3) is 0.571. The molecule has 0 spiro atoms. The molecule has 1 heterocycles. The minimum absolute atomic E-state index is 0. The van der Waals surface area contributed by atoms with Crippen LogP contribution in [0.2, 0.25) is 0 Å². The van der Waals surface area contributed by atoms with Crippen molar-refractivity contribution in [1.29, 1.82) is 0 Å². The predicted octanol–water partition coefficient (Wildman–Crippen LogP) is 1.54. The van der Waals surface area contributed by atoms with E-state index < -0.39 is 0 Å². The summed E-state index contributed by atoms with van der Waals surface area (Å²) in [5.41, 5.74) is 0.770. The van der Waals surface area contributed by atoms with Crippen LogP contribution >= 0.6 is 36.2 Å². The fourth-order valence-corrected chi connectivity index (χ4v) is 1.67. The number of aliphatic hydroxyl groups is 1. The first-order valence-corrected chi connectivity index (χ1v) is 4.29. The Morgan fingerprint density at radius 2 is 2.08 bits per heavy atom. The van der Waals surface area contributed by atoms with Gasteiger partial charge in [-0.1, -0.05) is 0 Å². The van der Waals surface area contributed by atoms with Gasteiger partial charge < -0.3 is 10.0 Å². The van der Waals surface area contributed by atoms with Gasteiger partial charge in [0.25, 0.3) is 0 Å². The zero-order valence-corrected chi connectivity index (χ0v) is 10.0. The van der Waals surface area contributed by atoms with E-state index in [0.29, 0.717) is 0 Å². The molecule has 0 atom stereocenters. The summed E-state index contributed by atoms with van der Waals surface area (Å²) in [6.45, 7) is 0.897. The topological polar surface area (TPSA) is 36.4 Å². The monoisotopic (exact) mass is 244 g/mol. The fourth-order valence-electron chi connectivity index (χ4n) is 0.765. The number of aromatic nitrogens is 1. The quantitative estimate of drug-likeness (QED) is 0.877. The Morgan fingerprint density at radius 3 is 2.46 bits per heavy atom. The van der Waals surface area contributed by atoms with Gasteiger partial charge in [-0.15, -0.1) is 36.2 Å². The van der Waals surface area contributed by atoms with Crippen molar-refractivity contribution in [2.75, 3.05) is 14.1 Å². The van der Waals surface area contributed by atoms with Crippen LogP contribution in [0.3, 0.4) is 0 Å². The van der Waals surface area contributed by atoms with Crippen LogP contribution in [0.4, 0.5) is 0 Å². The maximum Gasteiger partial charge on any atom is 0.107 e. The second-order valence-corrected chi connectivity index (χ2v) is 3.57. The molecule has 1 N–H and O–H groups in total. The molecule has 0 aliphatic carbocycles. The molecular weight excluding hydrogens is 231 g/mol. The highest BCUT2D eigenvalue weighted by molar-refractivity contribution is 7.09. The van der Waals surface area contributed by atoms with Gasteiger partial charge >= 0.3 is 0 Å². The van der Waals surface area contributed by atoms with Crippen LogP contribution in [0, 0.1) is 0 Å². The zero-order chi connectivity index (χ0) is 8.27. The summed E-state index contributed by atoms with van der Waals surface area (Å²) in [5, 5.41) is 11.7. The smallest absolute Gasteiger partial charge is 0.107 e. The van der Waals surface area contributed by atoms with Gasteiger partial charge in [0, 0.05) is 11.9 Å². The summed E-state index contributed by atoms with van der Waals surface area (Å²) in [6, 6.07) is 0. The number of halogens is 2. The highest BCUT2D eigenvalue weighted by atomic mass is 35.5. The molecule has 13 heavy (non-hydrogen) atoms. The molecular formula is C7H14Cl2N2OS. The van der Waals surface area contributed by atoms with E-state index in [4.69, 9.17) is 5.11 Å². The summed E-state index contributed by atoms with van der Waals surface area (Å²) >= 11 is 1.59. The van der Waals surface area contributed by atoms with Crippen molar-refractivity contribution in [1.82, 2.24) is 9.88 Å². The van der Waals surface area contributed by atoms with E-state index in [0.717, 1.165) is 17.2 Å². The summed E-state index contributed by atoms with van der Waals surface area (Å²) in [7, 11) is 4.00. The lowest BCUT2D eigenvalue weighted by Gasteiger charge is -2.04. The van der Waals surface area contributed by atoms with E-state index in [9.17, 15) is 0 Å². The number of rotatable bonds is 3. The number of nitrogens with zero attached hydrogens (tertiary/aromatic N) is 2. The van der Waals surface area contributed by atoms with Gasteiger partial charge in [-0.25, -0.2) is 4.98 Å². The molecule has 0 radical (unpaired) electrons.